The van der Waals surface area contributed by atoms with Crippen LogP contribution in [0.2, 0.25) is 0 Å². The summed E-state index contributed by atoms with van der Waals surface area (Å²) in [4.78, 5) is 24.2. The number of allylic oxidation sites excluding steroid dienone is 1. The minimum absolute atomic E-state index is 0.0729. The van der Waals surface area contributed by atoms with Crippen LogP contribution >= 0.6 is 0 Å². The monoisotopic (exact) mass is 394 g/mol. The van der Waals surface area contributed by atoms with E-state index in [9.17, 15) is 14.7 Å². The number of imide groups is 1. The predicted octanol–water partition coefficient (Wildman–Crippen LogP) is 6.03. The van der Waals surface area contributed by atoms with Gasteiger partial charge in [-0.3, -0.25) is 0 Å². The third-order valence-corrected chi connectivity index (χ3v) is 5.98. The number of aliphatic hydroxyl groups excluding tert-OH is 1. The summed E-state index contributed by atoms with van der Waals surface area (Å²) in [6.45, 7) is 2.32. The van der Waals surface area contributed by atoms with E-state index >= 15 is 0 Å². The molecule has 1 aliphatic rings. The molecule has 1 heterocycles. The molecule has 0 bridgehead atoms. The lowest BCUT2D eigenvalue weighted by atomic mass is 10.0. The summed E-state index contributed by atoms with van der Waals surface area (Å²) in [5.41, 5.74) is 0. The van der Waals surface area contributed by atoms with Gasteiger partial charge in [0.25, 0.3) is 0 Å². The lowest BCUT2D eigenvalue weighted by Crippen LogP contribution is -2.49. The van der Waals surface area contributed by atoms with Crippen molar-refractivity contribution in [2.24, 2.45) is 0 Å². The normalized spacial score (nSPS) is 16.5. The number of quaternary nitrogens is 1. The number of hydrogen-bond donors (Lipinski definition) is 1. The van der Waals surface area contributed by atoms with Crippen molar-refractivity contribution in [2.45, 2.75) is 116 Å². The number of likely N-dealkylation sites (tertiary alicyclic amines) is 1. The Kier molecular flexibility index (Phi) is 14.2. The van der Waals surface area contributed by atoms with Crippen molar-refractivity contribution in [3.63, 3.8) is 0 Å². The maximum Gasteiger partial charge on any atom is 0.326 e. The Morgan fingerprint density at radius 2 is 1.18 bits per heavy atom. The van der Waals surface area contributed by atoms with Gasteiger partial charge in [0.15, 0.2) is 0 Å². The van der Waals surface area contributed by atoms with Crippen molar-refractivity contribution >= 4 is 11.8 Å². The maximum absolute atomic E-state index is 12.1. The first kappa shape index (κ1) is 25.0. The summed E-state index contributed by atoms with van der Waals surface area (Å²) in [7, 11) is 0. The zero-order valence-electron chi connectivity index (χ0n) is 18.3. The van der Waals surface area contributed by atoms with Crippen LogP contribution in [-0.4, -0.2) is 34.6 Å². The van der Waals surface area contributed by atoms with Gasteiger partial charge >= 0.3 is 11.8 Å². The molecule has 0 aromatic carbocycles. The molecular weight excluding hydrogens is 350 g/mol. The van der Waals surface area contributed by atoms with Gasteiger partial charge < -0.3 is 5.11 Å². The molecule has 0 unspecified atom stereocenters. The van der Waals surface area contributed by atoms with E-state index in [4.69, 9.17) is 0 Å². The molecule has 1 N–H and O–H groups in total. The van der Waals surface area contributed by atoms with E-state index in [0.717, 1.165) is 12.8 Å². The Labute approximate surface area is 173 Å². The first-order chi connectivity index (χ1) is 13.7. The Morgan fingerprint density at radius 1 is 0.750 bits per heavy atom. The molecule has 1 saturated heterocycles. The zero-order chi connectivity index (χ0) is 20.5. The molecule has 0 atom stereocenters. The van der Waals surface area contributed by atoms with E-state index in [-0.39, 0.29) is 29.4 Å². The molecule has 0 radical (unpaired) electrons. The molecule has 0 aromatic rings. The number of carbonyl (C=O) groups is 2. The maximum atomic E-state index is 12.1. The molecule has 4 heteroatoms. The lowest BCUT2D eigenvalue weighted by Gasteiger charge is -2.23. The molecule has 0 aliphatic carbocycles. The van der Waals surface area contributed by atoms with Crippen molar-refractivity contribution in [1.29, 1.82) is 0 Å². The highest BCUT2D eigenvalue weighted by Gasteiger charge is 2.47. The molecule has 0 saturated carbocycles. The Morgan fingerprint density at radius 3 is 1.61 bits per heavy atom. The van der Waals surface area contributed by atoms with Crippen molar-refractivity contribution < 1.29 is 19.2 Å². The Balaban J connectivity index is 1.97. The summed E-state index contributed by atoms with van der Waals surface area (Å²) in [5, 5.41) is 9.21. The van der Waals surface area contributed by atoms with Gasteiger partial charge in [-0.25, -0.2) is 9.59 Å². The third-order valence-electron chi connectivity index (χ3n) is 5.98. The van der Waals surface area contributed by atoms with Crippen molar-refractivity contribution in [3.8, 4) is 0 Å². The number of hydrogen-bond acceptors (Lipinski definition) is 3. The van der Waals surface area contributed by atoms with Crippen LogP contribution in [0.1, 0.15) is 116 Å². The van der Waals surface area contributed by atoms with Gasteiger partial charge in [0.1, 0.15) is 12.7 Å². The van der Waals surface area contributed by atoms with E-state index < -0.39 is 0 Å². The molecule has 2 amide bonds. The highest BCUT2D eigenvalue weighted by Crippen LogP contribution is 2.24. The average Bonchev–Trinajstić information content (AvgIpc) is 2.96. The number of amides is 2. The van der Waals surface area contributed by atoms with Crippen LogP contribution in [-0.2, 0) is 9.59 Å². The Bertz CT molecular complexity index is 443. The summed E-state index contributed by atoms with van der Waals surface area (Å²) in [6.07, 6.45) is 24.1. The van der Waals surface area contributed by atoms with Crippen LogP contribution in [0.5, 0.6) is 0 Å². The number of aliphatic hydroxyl groups is 1. The van der Waals surface area contributed by atoms with Gasteiger partial charge in [0.2, 0.25) is 0 Å². The van der Waals surface area contributed by atoms with Gasteiger partial charge in [-0.15, -0.1) is 0 Å². The molecule has 4 nitrogen and oxygen atoms in total. The SMILES string of the molecule is CCCCCCCCCCCCCCCCC=C[N+]1(CCO)C(=O)CCC1=O. The summed E-state index contributed by atoms with van der Waals surface area (Å²) in [6, 6.07) is 0. The summed E-state index contributed by atoms with van der Waals surface area (Å²) < 4.78 is -0.269. The highest BCUT2D eigenvalue weighted by atomic mass is 16.3. The Hall–Kier alpha value is -1.00. The minimum Gasteiger partial charge on any atom is -0.390 e. The number of carbonyl (C=O) groups excluding carboxylic acids is 2. The molecular formula is C24H44NO3+. The molecule has 0 spiro atoms. The van der Waals surface area contributed by atoms with Crippen molar-refractivity contribution in [1.82, 2.24) is 0 Å². The van der Waals surface area contributed by atoms with Crippen molar-refractivity contribution in [3.05, 3.63) is 12.3 Å². The predicted molar refractivity (Wildman–Crippen MR) is 116 cm³/mol. The quantitative estimate of drug-likeness (QED) is 0.175. The number of nitrogens with zero attached hydrogens (tertiary/aromatic N) is 1. The van der Waals surface area contributed by atoms with Crippen LogP contribution in [0.25, 0.3) is 0 Å². The van der Waals surface area contributed by atoms with Gasteiger partial charge in [-0.2, -0.15) is 4.48 Å². The van der Waals surface area contributed by atoms with Crippen LogP contribution in [0, 0.1) is 0 Å². The summed E-state index contributed by atoms with van der Waals surface area (Å²) in [5.74, 6) is -0.146. The van der Waals surface area contributed by atoms with E-state index in [2.05, 4.69) is 6.92 Å². The fraction of sp³-hybridized carbons (Fsp3) is 0.833. The molecule has 1 fully saturated rings. The van der Waals surface area contributed by atoms with Crippen LogP contribution in [0.3, 0.4) is 0 Å². The van der Waals surface area contributed by atoms with E-state index in [1.165, 1.54) is 83.5 Å². The largest absolute Gasteiger partial charge is 0.390 e. The number of rotatable bonds is 18. The fourth-order valence-electron chi connectivity index (χ4n) is 4.11. The molecule has 162 valence electrons. The van der Waals surface area contributed by atoms with Gasteiger partial charge in [0.05, 0.1) is 19.4 Å². The van der Waals surface area contributed by atoms with Gasteiger partial charge in [-0.1, -0.05) is 90.4 Å². The molecule has 28 heavy (non-hydrogen) atoms. The zero-order valence-corrected chi connectivity index (χ0v) is 18.3. The first-order valence-electron chi connectivity index (χ1n) is 11.9. The standard InChI is InChI=1S/C24H44NO3/c1-2-3-4-5-6-7-8-9-10-11-12-13-14-15-16-17-20-25(21-22-26)23(27)18-19-24(25)28/h17,20,26H,2-16,18-19,21-22H2,1H3/q+1. The van der Waals surface area contributed by atoms with Crippen LogP contribution in [0.4, 0.5) is 0 Å². The second kappa shape index (κ2) is 15.9. The third kappa shape index (κ3) is 9.47. The second-order valence-corrected chi connectivity index (χ2v) is 8.37. The topological polar surface area (TPSA) is 54.4 Å². The van der Waals surface area contributed by atoms with E-state index in [1.54, 1.807) is 6.20 Å². The molecule has 1 rings (SSSR count). The number of unbranched alkanes of at least 4 members (excludes halogenated alkanes) is 14. The lowest BCUT2D eigenvalue weighted by molar-refractivity contribution is -0.720. The molecule has 1 aliphatic heterocycles. The average molecular weight is 395 g/mol. The van der Waals surface area contributed by atoms with E-state index in [1.807, 2.05) is 6.08 Å². The van der Waals surface area contributed by atoms with Gasteiger partial charge in [-0.05, 0) is 18.9 Å². The smallest absolute Gasteiger partial charge is 0.326 e. The van der Waals surface area contributed by atoms with Crippen molar-refractivity contribution in [2.75, 3.05) is 13.2 Å². The van der Waals surface area contributed by atoms with Crippen LogP contribution < -0.4 is 0 Å². The van der Waals surface area contributed by atoms with Gasteiger partial charge in [0, 0.05) is 0 Å². The molecule has 0 aromatic heterocycles. The summed E-state index contributed by atoms with van der Waals surface area (Å²) >= 11 is 0. The fourth-order valence-corrected chi connectivity index (χ4v) is 4.11. The van der Waals surface area contributed by atoms with E-state index in [0.29, 0.717) is 12.8 Å². The first-order valence-corrected chi connectivity index (χ1v) is 11.9. The highest BCUT2D eigenvalue weighted by molar-refractivity contribution is 5.92. The minimum atomic E-state index is -0.269. The second-order valence-electron chi connectivity index (χ2n) is 8.37. The van der Waals surface area contributed by atoms with Crippen LogP contribution in [0.15, 0.2) is 12.3 Å².